The highest BCUT2D eigenvalue weighted by Gasteiger charge is 2.39. The zero-order chi connectivity index (χ0) is 17.3. The molecule has 24 heavy (non-hydrogen) atoms. The summed E-state index contributed by atoms with van der Waals surface area (Å²) in [6.07, 6.45) is 0. The maximum Gasteiger partial charge on any atom is 0.277 e. The number of anilines is 1. The van der Waals surface area contributed by atoms with E-state index in [0.717, 1.165) is 4.90 Å². The van der Waals surface area contributed by atoms with E-state index in [1.165, 1.54) is 24.3 Å². The fraction of sp³-hybridized carbons (Fsp3) is 0.111. The Bertz CT molecular complexity index is 828. The average molecular weight is 346 g/mol. The summed E-state index contributed by atoms with van der Waals surface area (Å²) in [5.41, 5.74) is 0.854. The van der Waals surface area contributed by atoms with E-state index in [2.05, 4.69) is 0 Å². The minimum atomic E-state index is -0.606. The van der Waals surface area contributed by atoms with Crippen LogP contribution in [-0.4, -0.2) is 18.4 Å². The molecule has 2 amide bonds. The first-order valence-electron chi connectivity index (χ1n) is 7.30. The van der Waals surface area contributed by atoms with Crippen LogP contribution in [0.2, 0.25) is 0 Å². The molecule has 2 aromatic carbocycles. The molecule has 0 spiro atoms. The van der Waals surface area contributed by atoms with Crippen LogP contribution < -0.4 is 9.64 Å². The van der Waals surface area contributed by atoms with Gasteiger partial charge in [0, 0.05) is 0 Å². The van der Waals surface area contributed by atoms with E-state index in [-0.39, 0.29) is 10.6 Å². The van der Waals surface area contributed by atoms with Crippen molar-refractivity contribution in [2.75, 3.05) is 11.5 Å². The van der Waals surface area contributed by atoms with Gasteiger partial charge >= 0.3 is 0 Å². The Morgan fingerprint density at radius 1 is 1.00 bits per heavy atom. The van der Waals surface area contributed by atoms with Crippen molar-refractivity contribution in [2.24, 2.45) is 0 Å². The number of imide groups is 1. The van der Waals surface area contributed by atoms with Gasteiger partial charge in [-0.15, -0.1) is 0 Å². The Hall–Kier alpha value is -2.66. The van der Waals surface area contributed by atoms with Crippen LogP contribution in [0.4, 0.5) is 10.1 Å². The van der Waals surface area contributed by atoms with Crippen LogP contribution in [0.5, 0.6) is 5.75 Å². The molecule has 0 saturated heterocycles. The summed E-state index contributed by atoms with van der Waals surface area (Å²) in [7, 11) is 0. The molecule has 122 valence electrons. The summed E-state index contributed by atoms with van der Waals surface area (Å²) in [6, 6.07) is 11.8. The van der Waals surface area contributed by atoms with Crippen molar-refractivity contribution < 1.29 is 18.7 Å². The molecule has 2 aromatic rings. The lowest BCUT2D eigenvalue weighted by atomic mass is 10.1. The van der Waals surface area contributed by atoms with Crippen LogP contribution in [0, 0.1) is 5.82 Å². The van der Waals surface area contributed by atoms with E-state index in [4.69, 9.17) is 16.3 Å². The number of rotatable bonds is 4. The van der Waals surface area contributed by atoms with Crippen molar-refractivity contribution in [3.05, 3.63) is 64.9 Å². The summed E-state index contributed by atoms with van der Waals surface area (Å²) in [5.74, 6) is -0.945. The minimum absolute atomic E-state index is 0.0653. The Morgan fingerprint density at radius 2 is 1.62 bits per heavy atom. The van der Waals surface area contributed by atoms with Crippen molar-refractivity contribution in [1.82, 2.24) is 0 Å². The number of amides is 2. The third-order valence-corrected chi connectivity index (χ3v) is 3.92. The number of carbonyl (C=O) groups is 2. The zero-order valence-electron chi connectivity index (χ0n) is 12.8. The summed E-state index contributed by atoms with van der Waals surface area (Å²) >= 11 is 6.07. The molecule has 1 aliphatic rings. The Balaban J connectivity index is 1.94. The predicted octanol–water partition coefficient (Wildman–Crippen LogP) is 3.75. The fourth-order valence-electron chi connectivity index (χ4n) is 2.46. The van der Waals surface area contributed by atoms with Crippen LogP contribution in [-0.2, 0) is 9.59 Å². The van der Waals surface area contributed by atoms with Gasteiger partial charge in [0.1, 0.15) is 16.6 Å². The van der Waals surface area contributed by atoms with E-state index in [0.29, 0.717) is 23.6 Å². The highest BCUT2D eigenvalue weighted by Crippen LogP contribution is 2.35. The second kappa shape index (κ2) is 6.45. The van der Waals surface area contributed by atoms with Crippen LogP contribution >= 0.6 is 11.6 Å². The zero-order valence-corrected chi connectivity index (χ0v) is 13.5. The Kier molecular flexibility index (Phi) is 4.36. The Labute approximate surface area is 143 Å². The monoisotopic (exact) mass is 345 g/mol. The largest absolute Gasteiger partial charge is 0.494 e. The first-order chi connectivity index (χ1) is 11.5. The SMILES string of the molecule is CCOc1ccc(N2C(=O)C(Cl)=C(c3ccc(F)cc3)C2=O)cc1. The molecule has 0 aliphatic carbocycles. The number of hydrogen-bond donors (Lipinski definition) is 0. The maximum absolute atomic E-state index is 13.1. The van der Waals surface area contributed by atoms with Crippen molar-refractivity contribution in [2.45, 2.75) is 6.92 Å². The van der Waals surface area contributed by atoms with Gasteiger partial charge in [-0.1, -0.05) is 23.7 Å². The second-order valence-electron chi connectivity index (χ2n) is 5.07. The van der Waals surface area contributed by atoms with Gasteiger partial charge in [0.25, 0.3) is 11.8 Å². The van der Waals surface area contributed by atoms with Gasteiger partial charge in [-0.25, -0.2) is 9.29 Å². The third kappa shape index (κ3) is 2.78. The topological polar surface area (TPSA) is 46.6 Å². The molecule has 1 aliphatic heterocycles. The van der Waals surface area contributed by atoms with E-state index in [1.807, 2.05) is 6.92 Å². The number of halogens is 2. The predicted molar refractivity (Wildman–Crippen MR) is 89.3 cm³/mol. The third-order valence-electron chi connectivity index (χ3n) is 3.57. The fourth-order valence-corrected chi connectivity index (χ4v) is 2.74. The first kappa shape index (κ1) is 16.2. The van der Waals surface area contributed by atoms with Crippen molar-refractivity contribution in [1.29, 1.82) is 0 Å². The second-order valence-corrected chi connectivity index (χ2v) is 5.45. The van der Waals surface area contributed by atoms with Gasteiger partial charge in [-0.3, -0.25) is 9.59 Å². The van der Waals surface area contributed by atoms with E-state index < -0.39 is 17.6 Å². The molecule has 0 atom stereocenters. The molecule has 3 rings (SSSR count). The number of carbonyl (C=O) groups excluding carboxylic acids is 2. The van der Waals surface area contributed by atoms with E-state index in [1.54, 1.807) is 24.3 Å². The first-order valence-corrected chi connectivity index (χ1v) is 7.68. The highest BCUT2D eigenvalue weighted by atomic mass is 35.5. The van der Waals surface area contributed by atoms with Gasteiger partial charge in [-0.05, 0) is 48.9 Å². The van der Waals surface area contributed by atoms with Gasteiger partial charge in [0.15, 0.2) is 0 Å². The standard InChI is InChI=1S/C18H13ClFNO3/c1-2-24-14-9-7-13(8-10-14)21-17(22)15(16(19)18(21)23)11-3-5-12(20)6-4-11/h3-10H,2H2,1H3. The lowest BCUT2D eigenvalue weighted by molar-refractivity contribution is -0.119. The smallest absolute Gasteiger partial charge is 0.277 e. The van der Waals surface area contributed by atoms with Gasteiger partial charge in [0.2, 0.25) is 0 Å². The maximum atomic E-state index is 13.1. The molecule has 4 nitrogen and oxygen atoms in total. The lowest BCUT2D eigenvalue weighted by Crippen LogP contribution is -2.31. The summed E-state index contributed by atoms with van der Waals surface area (Å²) in [4.78, 5) is 26.0. The molecule has 1 heterocycles. The molecule has 0 fully saturated rings. The van der Waals surface area contributed by atoms with Gasteiger partial charge in [-0.2, -0.15) is 0 Å². The van der Waals surface area contributed by atoms with Crippen LogP contribution in [0.1, 0.15) is 12.5 Å². The van der Waals surface area contributed by atoms with Crippen LogP contribution in [0.25, 0.3) is 5.57 Å². The molecule has 0 aromatic heterocycles. The lowest BCUT2D eigenvalue weighted by Gasteiger charge is -2.15. The molecule has 0 radical (unpaired) electrons. The van der Waals surface area contributed by atoms with E-state index >= 15 is 0 Å². The molecule has 0 bridgehead atoms. The summed E-state index contributed by atoms with van der Waals surface area (Å²) in [5, 5.41) is -0.180. The number of ether oxygens (including phenoxy) is 1. The van der Waals surface area contributed by atoms with Gasteiger partial charge < -0.3 is 4.74 Å². The molecule has 0 N–H and O–H groups in total. The summed E-state index contributed by atoms with van der Waals surface area (Å²) < 4.78 is 18.4. The number of nitrogens with zero attached hydrogens (tertiary/aromatic N) is 1. The Morgan fingerprint density at radius 3 is 2.21 bits per heavy atom. The highest BCUT2D eigenvalue weighted by molar-refractivity contribution is 6.60. The van der Waals surface area contributed by atoms with E-state index in [9.17, 15) is 14.0 Å². The van der Waals surface area contributed by atoms with Crippen molar-refractivity contribution >= 4 is 34.7 Å². The molecular weight excluding hydrogens is 333 g/mol. The molecule has 6 heteroatoms. The number of benzene rings is 2. The molecular formula is C18H13ClFNO3. The molecule has 0 saturated carbocycles. The van der Waals surface area contributed by atoms with Crippen molar-refractivity contribution in [3.8, 4) is 5.75 Å². The van der Waals surface area contributed by atoms with Crippen LogP contribution in [0.15, 0.2) is 53.6 Å². The van der Waals surface area contributed by atoms with Crippen LogP contribution in [0.3, 0.4) is 0 Å². The summed E-state index contributed by atoms with van der Waals surface area (Å²) in [6.45, 7) is 2.38. The average Bonchev–Trinajstić information content (AvgIpc) is 2.80. The quantitative estimate of drug-likeness (QED) is 0.793. The minimum Gasteiger partial charge on any atom is -0.494 e. The molecule has 0 unspecified atom stereocenters. The van der Waals surface area contributed by atoms with Crippen molar-refractivity contribution in [3.63, 3.8) is 0 Å². The van der Waals surface area contributed by atoms with Gasteiger partial charge in [0.05, 0.1) is 17.9 Å². The number of hydrogen-bond acceptors (Lipinski definition) is 3. The normalized spacial score (nSPS) is 14.5.